The van der Waals surface area contributed by atoms with Gasteiger partial charge in [0.2, 0.25) is 0 Å². The van der Waals surface area contributed by atoms with Crippen LogP contribution in [0.3, 0.4) is 0 Å². The predicted molar refractivity (Wildman–Crippen MR) is 101 cm³/mol. The highest BCUT2D eigenvalue weighted by Crippen LogP contribution is 2.19. The van der Waals surface area contributed by atoms with Crippen molar-refractivity contribution in [3.8, 4) is 0 Å². The molecular formula is C21H44O. The minimum Gasteiger partial charge on any atom is -0.381 e. The Bertz CT molecular complexity index is 190. The van der Waals surface area contributed by atoms with E-state index in [1.165, 1.54) is 96.3 Å². The van der Waals surface area contributed by atoms with Crippen molar-refractivity contribution in [3.05, 3.63) is 0 Å². The highest BCUT2D eigenvalue weighted by atomic mass is 16.5. The quantitative estimate of drug-likeness (QED) is 0.238. The molecular weight excluding hydrogens is 268 g/mol. The molecule has 0 saturated carbocycles. The van der Waals surface area contributed by atoms with Crippen molar-refractivity contribution < 1.29 is 4.74 Å². The van der Waals surface area contributed by atoms with Gasteiger partial charge in [0.25, 0.3) is 0 Å². The molecule has 1 nitrogen and oxygen atoms in total. The van der Waals surface area contributed by atoms with Crippen molar-refractivity contribution in [2.75, 3.05) is 13.2 Å². The summed E-state index contributed by atoms with van der Waals surface area (Å²) in [5.74, 6) is 0.824. The van der Waals surface area contributed by atoms with E-state index in [0.717, 1.165) is 19.1 Å². The van der Waals surface area contributed by atoms with Gasteiger partial charge in [-0.1, -0.05) is 97.8 Å². The van der Waals surface area contributed by atoms with Crippen LogP contribution >= 0.6 is 0 Å². The molecule has 22 heavy (non-hydrogen) atoms. The normalized spacial score (nSPS) is 12.7. The summed E-state index contributed by atoms with van der Waals surface area (Å²) in [6.07, 6.45) is 20.7. The molecule has 0 aromatic carbocycles. The number of unbranched alkanes of at least 4 members (excludes halogenated alkanes) is 10. The molecule has 0 aliphatic carbocycles. The van der Waals surface area contributed by atoms with Gasteiger partial charge in [-0.15, -0.1) is 0 Å². The molecule has 0 saturated heterocycles. The molecule has 0 bridgehead atoms. The van der Waals surface area contributed by atoms with Gasteiger partial charge in [-0.3, -0.25) is 0 Å². The van der Waals surface area contributed by atoms with Crippen LogP contribution < -0.4 is 0 Å². The SMILES string of the molecule is CCCCCCCCC(CCCCCC)COCCCCC. The van der Waals surface area contributed by atoms with E-state index in [1.54, 1.807) is 0 Å². The van der Waals surface area contributed by atoms with Gasteiger partial charge in [0, 0.05) is 13.2 Å². The molecule has 0 aromatic rings. The second-order valence-corrected chi connectivity index (χ2v) is 7.05. The van der Waals surface area contributed by atoms with Gasteiger partial charge in [0.15, 0.2) is 0 Å². The smallest absolute Gasteiger partial charge is 0.0494 e. The van der Waals surface area contributed by atoms with Crippen molar-refractivity contribution >= 4 is 0 Å². The summed E-state index contributed by atoms with van der Waals surface area (Å²) in [6, 6.07) is 0. The molecule has 0 radical (unpaired) electrons. The summed E-state index contributed by atoms with van der Waals surface area (Å²) >= 11 is 0. The Balaban J connectivity index is 3.69. The fourth-order valence-electron chi connectivity index (χ4n) is 3.09. The fourth-order valence-corrected chi connectivity index (χ4v) is 3.09. The second kappa shape index (κ2) is 19.0. The first-order valence-electron chi connectivity index (χ1n) is 10.4. The first-order chi connectivity index (χ1) is 10.8. The largest absolute Gasteiger partial charge is 0.381 e. The van der Waals surface area contributed by atoms with Crippen molar-refractivity contribution in [1.29, 1.82) is 0 Å². The summed E-state index contributed by atoms with van der Waals surface area (Å²) < 4.78 is 5.95. The molecule has 1 heteroatoms. The Hall–Kier alpha value is -0.0400. The van der Waals surface area contributed by atoms with Gasteiger partial charge in [0.1, 0.15) is 0 Å². The lowest BCUT2D eigenvalue weighted by molar-refractivity contribution is 0.0881. The molecule has 1 atom stereocenters. The summed E-state index contributed by atoms with van der Waals surface area (Å²) in [5, 5.41) is 0. The van der Waals surface area contributed by atoms with Gasteiger partial charge < -0.3 is 4.74 Å². The van der Waals surface area contributed by atoms with Crippen molar-refractivity contribution in [3.63, 3.8) is 0 Å². The summed E-state index contributed by atoms with van der Waals surface area (Å²) in [7, 11) is 0. The number of rotatable bonds is 18. The van der Waals surface area contributed by atoms with Crippen LogP contribution in [0.5, 0.6) is 0 Å². The molecule has 0 aliphatic heterocycles. The number of hydrogen-bond acceptors (Lipinski definition) is 1. The average molecular weight is 313 g/mol. The van der Waals surface area contributed by atoms with Crippen LogP contribution in [-0.2, 0) is 4.74 Å². The van der Waals surface area contributed by atoms with E-state index in [4.69, 9.17) is 4.74 Å². The lowest BCUT2D eigenvalue weighted by Crippen LogP contribution is -2.11. The summed E-state index contributed by atoms with van der Waals surface area (Å²) in [5.41, 5.74) is 0. The Morgan fingerprint density at radius 2 is 1.00 bits per heavy atom. The van der Waals surface area contributed by atoms with E-state index >= 15 is 0 Å². The summed E-state index contributed by atoms with van der Waals surface area (Å²) in [6.45, 7) is 8.85. The Labute approximate surface area is 141 Å². The highest BCUT2D eigenvalue weighted by Gasteiger charge is 2.09. The van der Waals surface area contributed by atoms with Crippen LogP contribution in [0.4, 0.5) is 0 Å². The minimum absolute atomic E-state index is 0.824. The van der Waals surface area contributed by atoms with Crippen LogP contribution in [0, 0.1) is 5.92 Å². The van der Waals surface area contributed by atoms with Crippen molar-refractivity contribution in [1.82, 2.24) is 0 Å². The molecule has 1 unspecified atom stereocenters. The molecule has 0 N–H and O–H groups in total. The van der Waals surface area contributed by atoms with Gasteiger partial charge in [-0.25, -0.2) is 0 Å². The first kappa shape index (κ1) is 22.0. The maximum Gasteiger partial charge on any atom is 0.0494 e. The van der Waals surface area contributed by atoms with Crippen LogP contribution in [0.1, 0.15) is 117 Å². The lowest BCUT2D eigenvalue weighted by Gasteiger charge is -2.17. The van der Waals surface area contributed by atoms with Gasteiger partial charge >= 0.3 is 0 Å². The molecule has 134 valence electrons. The van der Waals surface area contributed by atoms with Crippen LogP contribution in [0.15, 0.2) is 0 Å². The molecule has 0 rings (SSSR count). The number of ether oxygens (including phenoxy) is 1. The molecule has 0 heterocycles. The maximum absolute atomic E-state index is 5.95. The standard InChI is InChI=1S/C21H44O/c1-4-7-10-12-13-15-18-21(17-14-11-8-5-2)20-22-19-16-9-6-3/h21H,4-20H2,1-3H3. The molecule has 0 aromatic heterocycles. The molecule has 0 spiro atoms. The van der Waals surface area contributed by atoms with Gasteiger partial charge in [-0.2, -0.15) is 0 Å². The van der Waals surface area contributed by atoms with Gasteiger partial charge in [0.05, 0.1) is 0 Å². The lowest BCUT2D eigenvalue weighted by atomic mass is 9.95. The molecule has 0 fully saturated rings. The Morgan fingerprint density at radius 3 is 1.59 bits per heavy atom. The number of hydrogen-bond donors (Lipinski definition) is 0. The minimum atomic E-state index is 0.824. The fraction of sp³-hybridized carbons (Fsp3) is 1.00. The average Bonchev–Trinajstić information content (AvgIpc) is 2.53. The highest BCUT2D eigenvalue weighted by molar-refractivity contribution is 4.60. The second-order valence-electron chi connectivity index (χ2n) is 7.05. The van der Waals surface area contributed by atoms with Crippen molar-refractivity contribution in [2.45, 2.75) is 117 Å². The topological polar surface area (TPSA) is 9.23 Å². The van der Waals surface area contributed by atoms with Crippen LogP contribution in [-0.4, -0.2) is 13.2 Å². The molecule has 0 aliphatic rings. The predicted octanol–water partition coefficient (Wildman–Crippen LogP) is 7.53. The van der Waals surface area contributed by atoms with E-state index < -0.39 is 0 Å². The van der Waals surface area contributed by atoms with Crippen molar-refractivity contribution in [2.24, 2.45) is 5.92 Å². The Morgan fingerprint density at radius 1 is 0.545 bits per heavy atom. The van der Waals surface area contributed by atoms with Gasteiger partial charge in [-0.05, 0) is 25.2 Å². The molecule has 0 amide bonds. The van der Waals surface area contributed by atoms with E-state index in [0.29, 0.717) is 0 Å². The van der Waals surface area contributed by atoms with Crippen LogP contribution in [0.25, 0.3) is 0 Å². The maximum atomic E-state index is 5.95. The van der Waals surface area contributed by atoms with E-state index in [9.17, 15) is 0 Å². The summed E-state index contributed by atoms with van der Waals surface area (Å²) in [4.78, 5) is 0. The van der Waals surface area contributed by atoms with E-state index in [2.05, 4.69) is 20.8 Å². The zero-order valence-corrected chi connectivity index (χ0v) is 16.0. The Kier molecular flexibility index (Phi) is 19.0. The third-order valence-electron chi connectivity index (χ3n) is 4.68. The first-order valence-corrected chi connectivity index (χ1v) is 10.4. The zero-order valence-electron chi connectivity index (χ0n) is 16.0. The van der Waals surface area contributed by atoms with E-state index in [1.807, 2.05) is 0 Å². The van der Waals surface area contributed by atoms with E-state index in [-0.39, 0.29) is 0 Å². The zero-order chi connectivity index (χ0) is 16.3. The monoisotopic (exact) mass is 312 g/mol. The third kappa shape index (κ3) is 16.3. The van der Waals surface area contributed by atoms with Crippen LogP contribution in [0.2, 0.25) is 0 Å². The third-order valence-corrected chi connectivity index (χ3v) is 4.68.